The lowest BCUT2D eigenvalue weighted by Crippen LogP contribution is -2.31. The van der Waals surface area contributed by atoms with Crippen molar-refractivity contribution >= 4 is 17.3 Å². The molecule has 21 heavy (non-hydrogen) atoms. The highest BCUT2D eigenvalue weighted by molar-refractivity contribution is 5.99. The SMILES string of the molecule is NCC1(C(=O)Nc2ccc(C(F)(F)F)cc2[N+](=O)[O-])CC1. The van der Waals surface area contributed by atoms with Crippen molar-refractivity contribution < 1.29 is 22.9 Å². The molecular weight excluding hydrogens is 291 g/mol. The van der Waals surface area contributed by atoms with Crippen LogP contribution in [0.4, 0.5) is 24.5 Å². The average molecular weight is 303 g/mol. The second-order valence-electron chi connectivity index (χ2n) is 4.93. The fourth-order valence-corrected chi connectivity index (χ4v) is 1.89. The van der Waals surface area contributed by atoms with Gasteiger partial charge >= 0.3 is 6.18 Å². The van der Waals surface area contributed by atoms with E-state index in [1.165, 1.54) is 0 Å². The van der Waals surface area contributed by atoms with Gasteiger partial charge in [0.1, 0.15) is 5.69 Å². The van der Waals surface area contributed by atoms with Crippen molar-refractivity contribution in [2.24, 2.45) is 11.1 Å². The van der Waals surface area contributed by atoms with Crippen molar-refractivity contribution in [3.63, 3.8) is 0 Å². The van der Waals surface area contributed by atoms with Gasteiger partial charge in [0.05, 0.1) is 15.9 Å². The summed E-state index contributed by atoms with van der Waals surface area (Å²) in [6.45, 7) is 0.0905. The van der Waals surface area contributed by atoms with E-state index in [0.29, 0.717) is 25.0 Å². The summed E-state index contributed by atoms with van der Waals surface area (Å²) in [5.41, 5.74) is 2.49. The van der Waals surface area contributed by atoms with E-state index in [1.54, 1.807) is 0 Å². The highest BCUT2D eigenvalue weighted by atomic mass is 19.4. The highest BCUT2D eigenvalue weighted by Crippen LogP contribution is 2.46. The molecule has 1 aromatic carbocycles. The molecule has 0 spiro atoms. The third-order valence-electron chi connectivity index (χ3n) is 3.50. The maximum Gasteiger partial charge on any atom is 0.416 e. The van der Waals surface area contributed by atoms with Gasteiger partial charge in [-0.25, -0.2) is 0 Å². The molecule has 0 bridgehead atoms. The van der Waals surface area contributed by atoms with Crippen LogP contribution in [0.2, 0.25) is 0 Å². The van der Waals surface area contributed by atoms with E-state index >= 15 is 0 Å². The lowest BCUT2D eigenvalue weighted by atomic mass is 10.1. The first-order chi connectivity index (χ1) is 9.69. The zero-order valence-electron chi connectivity index (χ0n) is 10.7. The number of anilines is 1. The van der Waals surface area contributed by atoms with Crippen molar-refractivity contribution in [2.45, 2.75) is 19.0 Å². The molecule has 0 unspecified atom stereocenters. The van der Waals surface area contributed by atoms with Gasteiger partial charge < -0.3 is 11.1 Å². The summed E-state index contributed by atoms with van der Waals surface area (Å²) >= 11 is 0. The molecule has 1 saturated carbocycles. The zero-order chi connectivity index (χ0) is 15.8. The normalized spacial score (nSPS) is 16.4. The number of nitro benzene ring substituents is 1. The van der Waals surface area contributed by atoms with Crippen LogP contribution in [0, 0.1) is 15.5 Å². The van der Waals surface area contributed by atoms with Crippen LogP contribution in [0.5, 0.6) is 0 Å². The number of nitro groups is 1. The number of nitrogens with one attached hydrogen (secondary N) is 1. The molecule has 2 rings (SSSR count). The van der Waals surface area contributed by atoms with Gasteiger partial charge in [0, 0.05) is 12.6 Å². The number of carbonyl (C=O) groups excluding carboxylic acids is 1. The third kappa shape index (κ3) is 2.97. The molecule has 0 atom stereocenters. The largest absolute Gasteiger partial charge is 0.416 e. The standard InChI is InChI=1S/C12H12F3N3O3/c13-12(14,15)7-1-2-8(9(5-7)18(20)21)17-10(19)11(6-16)3-4-11/h1-2,5H,3-4,6,16H2,(H,17,19). The Labute approximate surface area is 117 Å². The molecule has 3 N–H and O–H groups in total. The molecule has 6 nitrogen and oxygen atoms in total. The predicted molar refractivity (Wildman–Crippen MR) is 67.4 cm³/mol. The molecule has 0 aliphatic heterocycles. The number of carbonyl (C=O) groups is 1. The topological polar surface area (TPSA) is 98.3 Å². The van der Waals surface area contributed by atoms with Crippen LogP contribution in [0.3, 0.4) is 0 Å². The lowest BCUT2D eigenvalue weighted by Gasteiger charge is -2.14. The van der Waals surface area contributed by atoms with Gasteiger partial charge in [-0.3, -0.25) is 14.9 Å². The Morgan fingerprint density at radius 2 is 2.05 bits per heavy atom. The van der Waals surface area contributed by atoms with E-state index < -0.39 is 33.7 Å². The summed E-state index contributed by atoms with van der Waals surface area (Å²) in [5, 5.41) is 13.2. The number of halogens is 3. The Balaban J connectivity index is 2.31. The van der Waals surface area contributed by atoms with Crippen LogP contribution >= 0.6 is 0 Å². The van der Waals surface area contributed by atoms with Crippen molar-refractivity contribution in [3.8, 4) is 0 Å². The molecule has 9 heteroatoms. The maximum atomic E-state index is 12.6. The van der Waals surface area contributed by atoms with Crippen LogP contribution in [-0.2, 0) is 11.0 Å². The van der Waals surface area contributed by atoms with Gasteiger partial charge in [0.25, 0.3) is 5.69 Å². The third-order valence-corrected chi connectivity index (χ3v) is 3.50. The second-order valence-corrected chi connectivity index (χ2v) is 4.93. The molecule has 0 aromatic heterocycles. The van der Waals surface area contributed by atoms with Crippen LogP contribution in [0.25, 0.3) is 0 Å². The summed E-state index contributed by atoms with van der Waals surface area (Å²) in [4.78, 5) is 21.9. The molecular formula is C12H12F3N3O3. The number of rotatable bonds is 4. The van der Waals surface area contributed by atoms with Crippen molar-refractivity contribution in [2.75, 3.05) is 11.9 Å². The molecule has 1 amide bonds. The van der Waals surface area contributed by atoms with Gasteiger partial charge in [-0.2, -0.15) is 13.2 Å². The minimum Gasteiger partial charge on any atom is -0.329 e. The minimum absolute atomic E-state index is 0.0905. The number of nitrogens with two attached hydrogens (primary N) is 1. The van der Waals surface area contributed by atoms with E-state index in [0.717, 1.165) is 6.07 Å². The summed E-state index contributed by atoms with van der Waals surface area (Å²) < 4.78 is 37.7. The fraction of sp³-hybridized carbons (Fsp3) is 0.417. The summed E-state index contributed by atoms with van der Waals surface area (Å²) in [6, 6.07) is 1.97. The number of hydrogen-bond acceptors (Lipinski definition) is 4. The molecule has 0 radical (unpaired) electrons. The van der Waals surface area contributed by atoms with E-state index in [1.807, 2.05) is 0 Å². The number of benzene rings is 1. The van der Waals surface area contributed by atoms with Gasteiger partial charge in [0.15, 0.2) is 0 Å². The second kappa shape index (κ2) is 4.99. The number of nitrogens with zero attached hydrogens (tertiary/aromatic N) is 1. The highest BCUT2D eigenvalue weighted by Gasteiger charge is 2.49. The fourth-order valence-electron chi connectivity index (χ4n) is 1.89. The molecule has 1 aliphatic rings. The first-order valence-electron chi connectivity index (χ1n) is 6.07. The number of hydrogen-bond donors (Lipinski definition) is 2. The predicted octanol–water partition coefficient (Wildman–Crippen LogP) is 2.29. The van der Waals surface area contributed by atoms with Gasteiger partial charge in [-0.1, -0.05) is 0 Å². The van der Waals surface area contributed by atoms with Gasteiger partial charge in [0.2, 0.25) is 5.91 Å². The Morgan fingerprint density at radius 1 is 1.43 bits per heavy atom. The molecule has 1 aromatic rings. The quantitative estimate of drug-likeness (QED) is 0.658. The average Bonchev–Trinajstić information content (AvgIpc) is 3.18. The Morgan fingerprint density at radius 3 is 2.48 bits per heavy atom. The zero-order valence-corrected chi connectivity index (χ0v) is 10.7. The summed E-state index contributed by atoms with van der Waals surface area (Å²) in [6.07, 6.45) is -3.57. The molecule has 0 heterocycles. The maximum absolute atomic E-state index is 12.6. The summed E-state index contributed by atoms with van der Waals surface area (Å²) in [5.74, 6) is -0.507. The van der Waals surface area contributed by atoms with Crippen LogP contribution in [0.15, 0.2) is 18.2 Å². The summed E-state index contributed by atoms with van der Waals surface area (Å²) in [7, 11) is 0. The van der Waals surface area contributed by atoms with Crippen molar-refractivity contribution in [1.29, 1.82) is 0 Å². The van der Waals surface area contributed by atoms with E-state index in [-0.39, 0.29) is 12.2 Å². The van der Waals surface area contributed by atoms with Crippen LogP contribution in [-0.4, -0.2) is 17.4 Å². The van der Waals surface area contributed by atoms with Crippen molar-refractivity contribution in [1.82, 2.24) is 0 Å². The Hall–Kier alpha value is -2.16. The smallest absolute Gasteiger partial charge is 0.329 e. The lowest BCUT2D eigenvalue weighted by molar-refractivity contribution is -0.384. The molecule has 1 aliphatic carbocycles. The first-order valence-corrected chi connectivity index (χ1v) is 6.07. The number of alkyl halides is 3. The van der Waals surface area contributed by atoms with E-state index in [2.05, 4.69) is 5.32 Å². The minimum atomic E-state index is -4.69. The first kappa shape index (κ1) is 15.2. The van der Waals surface area contributed by atoms with Crippen LogP contribution in [0.1, 0.15) is 18.4 Å². The number of amides is 1. The Kier molecular flexibility index (Phi) is 3.62. The molecule has 1 fully saturated rings. The Bertz CT molecular complexity index is 597. The van der Waals surface area contributed by atoms with Gasteiger partial charge in [-0.15, -0.1) is 0 Å². The van der Waals surface area contributed by atoms with Crippen LogP contribution < -0.4 is 11.1 Å². The van der Waals surface area contributed by atoms with E-state index in [9.17, 15) is 28.1 Å². The van der Waals surface area contributed by atoms with Gasteiger partial charge in [-0.05, 0) is 25.0 Å². The van der Waals surface area contributed by atoms with Crippen molar-refractivity contribution in [3.05, 3.63) is 33.9 Å². The van der Waals surface area contributed by atoms with E-state index in [4.69, 9.17) is 5.73 Å². The monoisotopic (exact) mass is 303 g/mol. The molecule has 0 saturated heterocycles. The molecule has 114 valence electrons.